The quantitative estimate of drug-likeness (QED) is 0.155. The molecular weight excluding hydrogens is 414 g/mol. The lowest BCUT2D eigenvalue weighted by Gasteiger charge is -2.29. The number of carbonyl (C=O) groups is 2. The van der Waals surface area contributed by atoms with Crippen molar-refractivity contribution in [3.63, 3.8) is 0 Å². The van der Waals surface area contributed by atoms with E-state index in [1.165, 1.54) is 77.0 Å². The summed E-state index contributed by atoms with van der Waals surface area (Å²) in [7, 11) is 0. The molecule has 0 aliphatic heterocycles. The second-order valence-corrected chi connectivity index (χ2v) is 10.4. The van der Waals surface area contributed by atoms with Crippen LogP contribution in [0.3, 0.4) is 0 Å². The molecule has 0 aromatic heterocycles. The van der Waals surface area contributed by atoms with Crippen LogP contribution in [-0.2, 0) is 14.3 Å². The lowest BCUT2D eigenvalue weighted by Crippen LogP contribution is -2.47. The maximum absolute atomic E-state index is 12.7. The molecule has 1 amide bonds. The molecule has 33 heavy (non-hydrogen) atoms. The van der Waals surface area contributed by atoms with Crippen molar-refractivity contribution in [3.8, 4) is 0 Å². The van der Waals surface area contributed by atoms with Gasteiger partial charge < -0.3 is 14.8 Å². The number of alkyl carbamates (subject to hydrolysis) is 1. The summed E-state index contributed by atoms with van der Waals surface area (Å²) in [6.45, 7) is 7.06. The van der Waals surface area contributed by atoms with Crippen LogP contribution in [0.1, 0.15) is 136 Å². The number of ether oxygens (including phenoxy) is 2. The Bertz CT molecular complexity index is 488. The van der Waals surface area contributed by atoms with E-state index in [2.05, 4.69) is 12.2 Å². The van der Waals surface area contributed by atoms with Crippen LogP contribution in [0.2, 0.25) is 0 Å². The van der Waals surface area contributed by atoms with Gasteiger partial charge in [-0.15, -0.1) is 0 Å². The first-order chi connectivity index (χ1) is 16.0. The molecule has 1 atom stereocenters. The Labute approximate surface area is 204 Å². The monoisotopic (exact) mass is 467 g/mol. The van der Waals surface area contributed by atoms with Gasteiger partial charge >= 0.3 is 12.1 Å². The van der Waals surface area contributed by atoms with E-state index in [9.17, 15) is 9.59 Å². The average Bonchev–Trinajstić information content (AvgIpc) is 2.81. The summed E-state index contributed by atoms with van der Waals surface area (Å²) in [5.74, 6) is 0.137. The third kappa shape index (κ3) is 16.1. The Balaban J connectivity index is 2.14. The Morgan fingerprint density at radius 2 is 1.27 bits per heavy atom. The number of esters is 1. The molecule has 1 aliphatic carbocycles. The molecular formula is C28H53NO4. The molecule has 194 valence electrons. The number of nitrogens with one attached hydrogen (secondary N) is 1. The van der Waals surface area contributed by atoms with Gasteiger partial charge in [-0.1, -0.05) is 117 Å². The van der Waals surface area contributed by atoms with E-state index in [1.54, 1.807) is 0 Å². The van der Waals surface area contributed by atoms with Crippen LogP contribution < -0.4 is 5.32 Å². The average molecular weight is 468 g/mol. The van der Waals surface area contributed by atoms with E-state index >= 15 is 0 Å². The summed E-state index contributed by atoms with van der Waals surface area (Å²) in [6.07, 6.45) is 21.7. The summed E-state index contributed by atoms with van der Waals surface area (Å²) in [4.78, 5) is 24.9. The molecule has 1 unspecified atom stereocenters. The van der Waals surface area contributed by atoms with Crippen molar-refractivity contribution in [1.82, 2.24) is 5.32 Å². The van der Waals surface area contributed by atoms with Gasteiger partial charge in [0.1, 0.15) is 6.04 Å². The fourth-order valence-corrected chi connectivity index (χ4v) is 4.63. The van der Waals surface area contributed by atoms with Crippen molar-refractivity contribution < 1.29 is 19.1 Å². The van der Waals surface area contributed by atoms with Gasteiger partial charge in [-0.2, -0.15) is 0 Å². The van der Waals surface area contributed by atoms with Gasteiger partial charge in [0.15, 0.2) is 0 Å². The highest BCUT2D eigenvalue weighted by Crippen LogP contribution is 2.27. The number of unbranched alkanes of at least 4 members (excludes halogenated alkanes) is 12. The van der Waals surface area contributed by atoms with Crippen LogP contribution in [0.25, 0.3) is 0 Å². The highest BCUT2D eigenvalue weighted by molar-refractivity contribution is 5.81. The maximum Gasteiger partial charge on any atom is 0.407 e. The zero-order valence-corrected chi connectivity index (χ0v) is 22.0. The molecule has 1 aliphatic rings. The maximum atomic E-state index is 12.7. The largest absolute Gasteiger partial charge is 0.464 e. The Morgan fingerprint density at radius 1 is 0.758 bits per heavy atom. The van der Waals surface area contributed by atoms with Crippen LogP contribution in [0.15, 0.2) is 0 Å². The molecule has 0 heterocycles. The second kappa shape index (κ2) is 20.1. The molecule has 0 aromatic rings. The molecule has 0 radical (unpaired) electrons. The summed E-state index contributed by atoms with van der Waals surface area (Å²) < 4.78 is 10.8. The summed E-state index contributed by atoms with van der Waals surface area (Å²) in [5, 5.41) is 2.81. The van der Waals surface area contributed by atoms with Crippen molar-refractivity contribution >= 4 is 12.1 Å². The molecule has 5 heteroatoms. The second-order valence-electron chi connectivity index (χ2n) is 10.4. The van der Waals surface area contributed by atoms with Crippen LogP contribution in [0.5, 0.6) is 0 Å². The molecule has 1 saturated carbocycles. The zero-order valence-electron chi connectivity index (χ0n) is 22.0. The molecule has 5 nitrogen and oxygen atoms in total. The van der Waals surface area contributed by atoms with Gasteiger partial charge in [-0.3, -0.25) is 0 Å². The third-order valence-electron chi connectivity index (χ3n) is 6.69. The fraction of sp³-hybridized carbons (Fsp3) is 0.929. The molecule has 1 fully saturated rings. The minimum Gasteiger partial charge on any atom is -0.464 e. The van der Waals surface area contributed by atoms with Crippen molar-refractivity contribution in [2.45, 2.75) is 142 Å². The standard InChI is InChI=1S/C28H53NO4/c1-4-5-6-7-8-9-10-11-12-13-14-15-19-22-32-27(30)26(25-20-17-16-18-21-25)29-28(31)33-23-24(2)3/h24-26H,4-23H2,1-3H3,(H,29,31). The van der Waals surface area contributed by atoms with Crippen LogP contribution >= 0.6 is 0 Å². The number of hydrogen-bond donors (Lipinski definition) is 1. The van der Waals surface area contributed by atoms with Crippen molar-refractivity contribution in [3.05, 3.63) is 0 Å². The normalized spacial score (nSPS) is 15.4. The summed E-state index contributed by atoms with van der Waals surface area (Å²) in [6, 6.07) is -0.577. The molecule has 0 bridgehead atoms. The van der Waals surface area contributed by atoms with Crippen LogP contribution in [0, 0.1) is 11.8 Å². The van der Waals surface area contributed by atoms with Crippen LogP contribution in [-0.4, -0.2) is 31.3 Å². The van der Waals surface area contributed by atoms with Crippen LogP contribution in [0.4, 0.5) is 4.79 Å². The van der Waals surface area contributed by atoms with Gasteiger partial charge in [-0.05, 0) is 31.1 Å². The highest BCUT2D eigenvalue weighted by atomic mass is 16.6. The zero-order chi connectivity index (χ0) is 24.2. The van der Waals surface area contributed by atoms with E-state index in [4.69, 9.17) is 9.47 Å². The first-order valence-electron chi connectivity index (χ1n) is 14.1. The number of carbonyl (C=O) groups excluding carboxylic acids is 2. The first kappa shape index (κ1) is 29.8. The lowest BCUT2D eigenvalue weighted by molar-refractivity contribution is -0.148. The Hall–Kier alpha value is -1.26. The van der Waals surface area contributed by atoms with Gasteiger partial charge in [0.05, 0.1) is 13.2 Å². The van der Waals surface area contributed by atoms with Crippen molar-refractivity contribution in [2.24, 2.45) is 11.8 Å². The molecule has 0 aromatic carbocycles. The smallest absolute Gasteiger partial charge is 0.407 e. The lowest BCUT2D eigenvalue weighted by atomic mass is 9.84. The van der Waals surface area contributed by atoms with E-state index in [-0.39, 0.29) is 17.8 Å². The van der Waals surface area contributed by atoms with E-state index in [1.807, 2.05) is 13.8 Å². The molecule has 1 N–H and O–H groups in total. The SMILES string of the molecule is CCCCCCCCCCCCCCCOC(=O)C(NC(=O)OCC(C)C)C1CCCCC1. The predicted octanol–water partition coefficient (Wildman–Crippen LogP) is 7.95. The van der Waals surface area contributed by atoms with E-state index < -0.39 is 12.1 Å². The van der Waals surface area contributed by atoms with Gasteiger partial charge in [-0.25, -0.2) is 9.59 Å². The Morgan fingerprint density at radius 3 is 1.79 bits per heavy atom. The molecule has 1 rings (SSSR count). The minimum absolute atomic E-state index is 0.157. The van der Waals surface area contributed by atoms with Crippen molar-refractivity contribution in [2.75, 3.05) is 13.2 Å². The van der Waals surface area contributed by atoms with Gasteiger partial charge in [0.2, 0.25) is 0 Å². The third-order valence-corrected chi connectivity index (χ3v) is 6.69. The predicted molar refractivity (Wildman–Crippen MR) is 136 cm³/mol. The first-order valence-corrected chi connectivity index (χ1v) is 14.1. The van der Waals surface area contributed by atoms with E-state index in [0.717, 1.165) is 38.5 Å². The summed E-state index contributed by atoms with van der Waals surface area (Å²) >= 11 is 0. The number of hydrogen-bond acceptors (Lipinski definition) is 4. The number of rotatable bonds is 19. The van der Waals surface area contributed by atoms with Crippen molar-refractivity contribution in [1.29, 1.82) is 0 Å². The molecule has 0 saturated heterocycles. The van der Waals surface area contributed by atoms with E-state index in [0.29, 0.717) is 13.2 Å². The molecule has 0 spiro atoms. The number of amides is 1. The topological polar surface area (TPSA) is 64.6 Å². The Kier molecular flexibility index (Phi) is 18.2. The summed E-state index contributed by atoms with van der Waals surface area (Å²) in [5.41, 5.74) is 0. The highest BCUT2D eigenvalue weighted by Gasteiger charge is 2.32. The van der Waals surface area contributed by atoms with Gasteiger partial charge in [0.25, 0.3) is 0 Å². The van der Waals surface area contributed by atoms with Gasteiger partial charge in [0, 0.05) is 0 Å². The minimum atomic E-state index is -0.577. The fourth-order valence-electron chi connectivity index (χ4n) is 4.63.